The minimum Gasteiger partial charge on any atom is -0.362 e. The summed E-state index contributed by atoms with van der Waals surface area (Å²) >= 11 is 0. The van der Waals surface area contributed by atoms with Gasteiger partial charge in [0.15, 0.2) is 5.65 Å². The highest BCUT2D eigenvalue weighted by Gasteiger charge is 2.33. The molecule has 9 heteroatoms. The average Bonchev–Trinajstić information content (AvgIpc) is 3.20. The van der Waals surface area contributed by atoms with Crippen LogP contribution in [0.4, 0.5) is 5.82 Å². The molecule has 0 saturated carbocycles. The third-order valence-electron chi connectivity index (χ3n) is 5.54. The molecule has 0 spiro atoms. The van der Waals surface area contributed by atoms with E-state index in [1.165, 1.54) is 22.6 Å². The van der Waals surface area contributed by atoms with Crippen molar-refractivity contribution in [3.63, 3.8) is 0 Å². The molecular formula is C22H25N5O3S. The fraction of sp³-hybridized carbons (Fsp3) is 0.318. The fourth-order valence-electron chi connectivity index (χ4n) is 4.05. The van der Waals surface area contributed by atoms with Gasteiger partial charge in [0.05, 0.1) is 16.7 Å². The first-order valence-corrected chi connectivity index (χ1v) is 11.7. The van der Waals surface area contributed by atoms with Gasteiger partial charge in [-0.15, -0.1) is 0 Å². The zero-order valence-electron chi connectivity index (χ0n) is 17.4. The molecule has 8 nitrogen and oxygen atoms in total. The highest BCUT2D eigenvalue weighted by atomic mass is 32.2. The standard InChI is InChI=1S/C22H25N5O3S/c1-3-19(28)26-12-7-11-22(2,15-26)25-20-18-10-13-27(21(18)24-16-23-20)31(29,30)14-17-8-5-4-6-9-17/h3-6,8-10,13,16H,1,7,11-12,14-15H2,2H3,(H,23,24,25). The Hall–Kier alpha value is -3.20. The van der Waals surface area contributed by atoms with Crippen LogP contribution in [0.25, 0.3) is 11.0 Å². The van der Waals surface area contributed by atoms with Crippen LogP contribution in [0.5, 0.6) is 0 Å². The van der Waals surface area contributed by atoms with Gasteiger partial charge in [-0.3, -0.25) is 4.79 Å². The molecule has 0 aliphatic carbocycles. The smallest absolute Gasteiger partial charge is 0.246 e. The molecule has 1 aliphatic rings. The predicted molar refractivity (Wildman–Crippen MR) is 120 cm³/mol. The molecule has 0 radical (unpaired) electrons. The molecule has 3 aromatic rings. The van der Waals surface area contributed by atoms with Crippen LogP contribution in [0.15, 0.2) is 61.6 Å². The van der Waals surface area contributed by atoms with Gasteiger partial charge in [-0.05, 0) is 37.5 Å². The lowest BCUT2D eigenvalue weighted by molar-refractivity contribution is -0.127. The molecule has 31 heavy (non-hydrogen) atoms. The molecule has 0 bridgehead atoms. The molecular weight excluding hydrogens is 414 g/mol. The summed E-state index contributed by atoms with van der Waals surface area (Å²) in [5.41, 5.74) is 0.633. The van der Waals surface area contributed by atoms with E-state index in [9.17, 15) is 13.2 Å². The van der Waals surface area contributed by atoms with Crippen molar-refractivity contribution in [2.45, 2.75) is 31.1 Å². The van der Waals surface area contributed by atoms with Gasteiger partial charge in [0.25, 0.3) is 0 Å². The number of nitrogens with zero attached hydrogens (tertiary/aromatic N) is 4. The number of likely N-dealkylation sites (tertiary alicyclic amines) is 1. The van der Waals surface area contributed by atoms with E-state index in [2.05, 4.69) is 21.9 Å². The van der Waals surface area contributed by atoms with Crippen molar-refractivity contribution < 1.29 is 13.2 Å². The fourth-order valence-corrected chi connectivity index (χ4v) is 5.46. The summed E-state index contributed by atoms with van der Waals surface area (Å²) in [6.45, 7) is 6.81. The van der Waals surface area contributed by atoms with Crippen LogP contribution in [0.1, 0.15) is 25.3 Å². The normalized spacial score (nSPS) is 19.3. The number of benzene rings is 1. The number of carbonyl (C=O) groups is 1. The van der Waals surface area contributed by atoms with Crippen LogP contribution in [0.3, 0.4) is 0 Å². The van der Waals surface area contributed by atoms with E-state index in [1.807, 2.05) is 25.1 Å². The molecule has 1 amide bonds. The van der Waals surface area contributed by atoms with Gasteiger partial charge in [-0.1, -0.05) is 36.9 Å². The van der Waals surface area contributed by atoms with Crippen LogP contribution in [0.2, 0.25) is 0 Å². The molecule has 162 valence electrons. The maximum Gasteiger partial charge on any atom is 0.246 e. The first kappa shape index (κ1) is 21.0. The van der Waals surface area contributed by atoms with Crippen LogP contribution >= 0.6 is 0 Å². The molecule has 1 saturated heterocycles. The Morgan fingerprint density at radius 1 is 1.26 bits per heavy atom. The summed E-state index contributed by atoms with van der Waals surface area (Å²) in [7, 11) is -3.65. The first-order valence-electron chi connectivity index (χ1n) is 10.1. The molecule has 1 N–H and O–H groups in total. The van der Waals surface area contributed by atoms with Crippen molar-refractivity contribution >= 4 is 32.8 Å². The Morgan fingerprint density at radius 3 is 2.77 bits per heavy atom. The third kappa shape index (κ3) is 4.32. The Kier molecular flexibility index (Phi) is 5.53. The molecule has 1 aromatic carbocycles. The minimum absolute atomic E-state index is 0.0984. The van der Waals surface area contributed by atoms with E-state index in [0.717, 1.165) is 12.8 Å². The van der Waals surface area contributed by atoms with Crippen molar-refractivity contribution in [1.29, 1.82) is 0 Å². The van der Waals surface area contributed by atoms with Crippen molar-refractivity contribution in [1.82, 2.24) is 18.8 Å². The van der Waals surface area contributed by atoms with Gasteiger partial charge < -0.3 is 10.2 Å². The van der Waals surface area contributed by atoms with Crippen LogP contribution in [0, 0.1) is 0 Å². The van der Waals surface area contributed by atoms with Gasteiger partial charge in [0.2, 0.25) is 15.9 Å². The van der Waals surface area contributed by atoms with Crippen molar-refractivity contribution in [3.05, 3.63) is 67.1 Å². The summed E-state index contributed by atoms with van der Waals surface area (Å²) in [5, 5.41) is 4.05. The molecule has 1 unspecified atom stereocenters. The lowest BCUT2D eigenvalue weighted by atomic mass is 9.91. The zero-order valence-corrected chi connectivity index (χ0v) is 18.2. The summed E-state index contributed by atoms with van der Waals surface area (Å²) in [6.07, 6.45) is 5.90. The van der Waals surface area contributed by atoms with E-state index in [-0.39, 0.29) is 11.7 Å². The molecule has 1 atom stereocenters. The number of fused-ring (bicyclic) bond motifs is 1. The van der Waals surface area contributed by atoms with E-state index in [0.29, 0.717) is 35.5 Å². The number of rotatable bonds is 6. The van der Waals surface area contributed by atoms with Gasteiger partial charge in [-0.2, -0.15) is 0 Å². The van der Waals surface area contributed by atoms with Gasteiger partial charge in [0.1, 0.15) is 12.1 Å². The highest BCUT2D eigenvalue weighted by Crippen LogP contribution is 2.29. The third-order valence-corrected chi connectivity index (χ3v) is 7.13. The molecule has 4 rings (SSSR count). The van der Waals surface area contributed by atoms with E-state index < -0.39 is 15.6 Å². The molecule has 1 fully saturated rings. The Bertz CT molecular complexity index is 1220. The molecule has 3 heterocycles. The summed E-state index contributed by atoms with van der Waals surface area (Å²) < 4.78 is 27.2. The second-order valence-electron chi connectivity index (χ2n) is 8.07. The maximum atomic E-state index is 13.0. The van der Waals surface area contributed by atoms with Crippen molar-refractivity contribution in [2.75, 3.05) is 18.4 Å². The second kappa shape index (κ2) is 8.14. The van der Waals surface area contributed by atoms with Gasteiger partial charge >= 0.3 is 0 Å². The average molecular weight is 440 g/mol. The number of carbonyl (C=O) groups excluding carboxylic acids is 1. The summed E-state index contributed by atoms with van der Waals surface area (Å²) in [4.78, 5) is 22.4. The zero-order chi connectivity index (χ0) is 22.1. The number of amides is 1. The minimum atomic E-state index is -3.65. The van der Waals surface area contributed by atoms with Crippen LogP contribution in [-0.4, -0.2) is 51.8 Å². The second-order valence-corrected chi connectivity index (χ2v) is 9.91. The Morgan fingerprint density at radius 2 is 2.03 bits per heavy atom. The predicted octanol–water partition coefficient (Wildman–Crippen LogP) is 2.79. The lowest BCUT2D eigenvalue weighted by Gasteiger charge is -2.41. The highest BCUT2D eigenvalue weighted by molar-refractivity contribution is 7.89. The van der Waals surface area contributed by atoms with Gasteiger partial charge in [0, 0.05) is 19.3 Å². The van der Waals surface area contributed by atoms with Crippen LogP contribution in [-0.2, 0) is 20.6 Å². The van der Waals surface area contributed by atoms with Crippen molar-refractivity contribution in [2.24, 2.45) is 0 Å². The number of hydrogen-bond donors (Lipinski definition) is 1. The Balaban J connectivity index is 1.63. The summed E-state index contributed by atoms with van der Waals surface area (Å²) in [6, 6.07) is 10.7. The van der Waals surface area contributed by atoms with Crippen LogP contribution < -0.4 is 5.32 Å². The number of aromatic nitrogens is 3. The number of anilines is 1. The van der Waals surface area contributed by atoms with E-state index >= 15 is 0 Å². The monoisotopic (exact) mass is 439 g/mol. The summed E-state index contributed by atoms with van der Waals surface area (Å²) in [5.74, 6) is 0.327. The topological polar surface area (TPSA) is 97.2 Å². The lowest BCUT2D eigenvalue weighted by Crippen LogP contribution is -2.52. The SMILES string of the molecule is C=CC(=O)N1CCCC(C)(Nc2ncnc3c2ccn3S(=O)(=O)Cc2ccccc2)C1. The number of piperidine rings is 1. The quantitative estimate of drug-likeness (QED) is 0.593. The number of hydrogen-bond acceptors (Lipinski definition) is 6. The largest absolute Gasteiger partial charge is 0.362 e. The van der Waals surface area contributed by atoms with E-state index in [1.54, 1.807) is 23.1 Å². The molecule has 1 aliphatic heterocycles. The van der Waals surface area contributed by atoms with Gasteiger partial charge in [-0.25, -0.2) is 22.4 Å². The van der Waals surface area contributed by atoms with Crippen molar-refractivity contribution in [3.8, 4) is 0 Å². The maximum absolute atomic E-state index is 13.0. The van der Waals surface area contributed by atoms with E-state index in [4.69, 9.17) is 0 Å². The Labute approximate surface area is 181 Å². The molecule has 2 aromatic heterocycles. The first-order chi connectivity index (χ1) is 14.8. The number of nitrogens with one attached hydrogen (secondary N) is 1.